The normalized spacial score (nSPS) is 12.4. The van der Waals surface area contributed by atoms with Crippen LogP contribution in [-0.2, 0) is 11.2 Å². The lowest BCUT2D eigenvalue weighted by molar-refractivity contribution is -0.142. The van der Waals surface area contributed by atoms with Gasteiger partial charge in [0.25, 0.3) is 0 Å². The van der Waals surface area contributed by atoms with Crippen LogP contribution in [0.15, 0.2) is 24.3 Å². The summed E-state index contributed by atoms with van der Waals surface area (Å²) in [6.07, 6.45) is 0.228. The smallest absolute Gasteiger partial charge is 0.306 e. The minimum Gasteiger partial charge on any atom is -0.481 e. The van der Waals surface area contributed by atoms with Crippen molar-refractivity contribution in [3.63, 3.8) is 0 Å². The molecule has 0 saturated heterocycles. The van der Waals surface area contributed by atoms with E-state index in [9.17, 15) is 13.6 Å². The van der Waals surface area contributed by atoms with Crippen molar-refractivity contribution in [2.45, 2.75) is 12.8 Å². The second-order valence-corrected chi connectivity index (χ2v) is 3.34. The molecule has 0 bridgehead atoms. The average Bonchev–Trinajstić information content (AvgIpc) is 2.20. The lowest BCUT2D eigenvalue weighted by atomic mass is 9.97. The van der Waals surface area contributed by atoms with E-state index >= 15 is 0 Å². The van der Waals surface area contributed by atoms with Gasteiger partial charge in [0.05, 0.1) is 12.6 Å². The van der Waals surface area contributed by atoms with E-state index < -0.39 is 18.6 Å². The summed E-state index contributed by atoms with van der Waals surface area (Å²) in [6, 6.07) is 5.57. The van der Waals surface area contributed by atoms with Crippen LogP contribution in [0.25, 0.3) is 0 Å². The molecule has 1 N–H and O–H groups in total. The minimum atomic E-state index is -1.02. The standard InChI is InChI=1S/C11H12F2O2/c12-6-5-9(11(14)15)7-8-1-3-10(13)4-2-8/h1-4,9H,5-7H2,(H,14,15). The molecule has 0 aromatic heterocycles. The van der Waals surface area contributed by atoms with Crippen LogP contribution in [-0.4, -0.2) is 17.8 Å². The molecule has 0 aliphatic heterocycles. The third-order valence-corrected chi connectivity index (χ3v) is 2.20. The molecule has 0 heterocycles. The lowest BCUT2D eigenvalue weighted by Crippen LogP contribution is -2.17. The maximum absolute atomic E-state index is 12.6. The summed E-state index contributed by atoms with van der Waals surface area (Å²) >= 11 is 0. The molecule has 0 saturated carbocycles. The number of alkyl halides is 1. The van der Waals surface area contributed by atoms with Gasteiger partial charge in [-0.15, -0.1) is 0 Å². The van der Waals surface area contributed by atoms with Crippen molar-refractivity contribution >= 4 is 5.97 Å². The number of carboxylic acid groups (broad SMARTS) is 1. The van der Waals surface area contributed by atoms with Crippen molar-refractivity contribution in [2.75, 3.05) is 6.67 Å². The van der Waals surface area contributed by atoms with Gasteiger partial charge in [0, 0.05) is 0 Å². The van der Waals surface area contributed by atoms with Crippen molar-refractivity contribution in [1.82, 2.24) is 0 Å². The maximum atomic E-state index is 12.6. The molecule has 2 nitrogen and oxygen atoms in total. The Morgan fingerprint density at radius 2 is 1.93 bits per heavy atom. The Labute approximate surface area is 86.5 Å². The highest BCUT2D eigenvalue weighted by atomic mass is 19.1. The fraction of sp³-hybridized carbons (Fsp3) is 0.364. The van der Waals surface area contributed by atoms with Crippen molar-refractivity contribution in [2.24, 2.45) is 5.92 Å². The number of carboxylic acids is 1. The molecule has 0 aliphatic rings. The van der Waals surface area contributed by atoms with Gasteiger partial charge in [0.2, 0.25) is 0 Å². The number of carbonyl (C=O) groups is 1. The highest BCUT2D eigenvalue weighted by molar-refractivity contribution is 5.70. The first kappa shape index (κ1) is 11.6. The predicted molar refractivity (Wildman–Crippen MR) is 51.8 cm³/mol. The molecular weight excluding hydrogens is 202 g/mol. The topological polar surface area (TPSA) is 37.3 Å². The van der Waals surface area contributed by atoms with Gasteiger partial charge in [-0.2, -0.15) is 0 Å². The van der Waals surface area contributed by atoms with E-state index in [0.29, 0.717) is 5.56 Å². The van der Waals surface area contributed by atoms with Gasteiger partial charge in [-0.05, 0) is 30.5 Å². The Hall–Kier alpha value is -1.45. The van der Waals surface area contributed by atoms with Gasteiger partial charge in [-0.3, -0.25) is 9.18 Å². The largest absolute Gasteiger partial charge is 0.481 e. The zero-order valence-corrected chi connectivity index (χ0v) is 8.12. The second kappa shape index (κ2) is 5.44. The molecule has 1 aromatic carbocycles. The number of rotatable bonds is 5. The lowest BCUT2D eigenvalue weighted by Gasteiger charge is -2.09. The summed E-state index contributed by atoms with van der Waals surface area (Å²) < 4.78 is 24.6. The molecule has 0 radical (unpaired) electrons. The second-order valence-electron chi connectivity index (χ2n) is 3.34. The molecular formula is C11H12F2O2. The van der Waals surface area contributed by atoms with E-state index in [4.69, 9.17) is 5.11 Å². The van der Waals surface area contributed by atoms with Crippen LogP contribution in [0.5, 0.6) is 0 Å². The van der Waals surface area contributed by atoms with Gasteiger partial charge in [0.1, 0.15) is 5.82 Å². The quantitative estimate of drug-likeness (QED) is 0.817. The molecule has 82 valence electrons. The van der Waals surface area contributed by atoms with E-state index in [1.165, 1.54) is 24.3 Å². The summed E-state index contributed by atoms with van der Waals surface area (Å²) in [5.41, 5.74) is 0.706. The molecule has 1 atom stereocenters. The van der Waals surface area contributed by atoms with Crippen LogP contribution in [0.1, 0.15) is 12.0 Å². The monoisotopic (exact) mass is 214 g/mol. The van der Waals surface area contributed by atoms with Crippen LogP contribution in [0, 0.1) is 11.7 Å². The Morgan fingerprint density at radius 1 is 1.33 bits per heavy atom. The predicted octanol–water partition coefficient (Wildman–Crippen LogP) is 2.43. The molecule has 1 unspecified atom stereocenters. The van der Waals surface area contributed by atoms with E-state index in [1.54, 1.807) is 0 Å². The molecule has 1 rings (SSSR count). The Balaban J connectivity index is 2.65. The number of hydrogen-bond acceptors (Lipinski definition) is 1. The first-order valence-corrected chi connectivity index (χ1v) is 4.66. The maximum Gasteiger partial charge on any atom is 0.306 e. The van der Waals surface area contributed by atoms with E-state index in [-0.39, 0.29) is 18.7 Å². The average molecular weight is 214 g/mol. The minimum absolute atomic E-state index is 0.00723. The van der Waals surface area contributed by atoms with E-state index in [2.05, 4.69) is 0 Å². The van der Waals surface area contributed by atoms with E-state index in [1.807, 2.05) is 0 Å². The summed E-state index contributed by atoms with van der Waals surface area (Å²) in [5, 5.41) is 8.78. The van der Waals surface area contributed by atoms with Crippen LogP contribution in [0.3, 0.4) is 0 Å². The van der Waals surface area contributed by atoms with Crippen molar-refractivity contribution < 1.29 is 18.7 Å². The van der Waals surface area contributed by atoms with Crippen LogP contribution >= 0.6 is 0 Å². The molecule has 1 aromatic rings. The Bertz CT molecular complexity index is 322. The third-order valence-electron chi connectivity index (χ3n) is 2.20. The molecule has 0 spiro atoms. The summed E-state index contributed by atoms with van der Waals surface area (Å²) in [7, 11) is 0. The third kappa shape index (κ3) is 3.65. The van der Waals surface area contributed by atoms with Gasteiger partial charge in [-0.1, -0.05) is 12.1 Å². The highest BCUT2D eigenvalue weighted by Gasteiger charge is 2.17. The van der Waals surface area contributed by atoms with Crippen LogP contribution < -0.4 is 0 Å². The first-order chi connectivity index (χ1) is 7.13. The number of hydrogen-bond donors (Lipinski definition) is 1. The van der Waals surface area contributed by atoms with Gasteiger partial charge in [0.15, 0.2) is 0 Å². The molecule has 0 fully saturated rings. The molecule has 0 amide bonds. The number of benzene rings is 1. The highest BCUT2D eigenvalue weighted by Crippen LogP contribution is 2.13. The number of aliphatic carboxylic acids is 1. The zero-order valence-electron chi connectivity index (χ0n) is 8.12. The van der Waals surface area contributed by atoms with Crippen LogP contribution in [0.4, 0.5) is 8.78 Å². The summed E-state index contributed by atoms with van der Waals surface area (Å²) in [6.45, 7) is -0.655. The SMILES string of the molecule is O=C(O)C(CCF)Cc1ccc(F)cc1. The summed E-state index contributed by atoms with van der Waals surface area (Å²) in [5.74, 6) is -2.12. The van der Waals surface area contributed by atoms with E-state index in [0.717, 1.165) is 0 Å². The Kier molecular flexibility index (Phi) is 4.21. The fourth-order valence-corrected chi connectivity index (χ4v) is 1.35. The molecule has 0 aliphatic carbocycles. The van der Waals surface area contributed by atoms with Crippen molar-refractivity contribution in [3.05, 3.63) is 35.6 Å². The van der Waals surface area contributed by atoms with Gasteiger partial charge < -0.3 is 5.11 Å². The van der Waals surface area contributed by atoms with Crippen LogP contribution in [0.2, 0.25) is 0 Å². The first-order valence-electron chi connectivity index (χ1n) is 4.66. The van der Waals surface area contributed by atoms with Crippen molar-refractivity contribution in [3.8, 4) is 0 Å². The van der Waals surface area contributed by atoms with Gasteiger partial charge >= 0.3 is 5.97 Å². The molecule has 15 heavy (non-hydrogen) atoms. The zero-order chi connectivity index (χ0) is 11.3. The number of halogens is 2. The Morgan fingerprint density at radius 3 is 2.40 bits per heavy atom. The summed E-state index contributed by atoms with van der Waals surface area (Å²) in [4.78, 5) is 10.7. The van der Waals surface area contributed by atoms with Gasteiger partial charge in [-0.25, -0.2) is 4.39 Å². The fourth-order valence-electron chi connectivity index (χ4n) is 1.35. The molecule has 4 heteroatoms. The van der Waals surface area contributed by atoms with Crippen molar-refractivity contribution in [1.29, 1.82) is 0 Å².